The van der Waals surface area contributed by atoms with Crippen LogP contribution in [0, 0.1) is 12.8 Å². The Kier molecular flexibility index (Phi) is 5.22. The van der Waals surface area contributed by atoms with Crippen LogP contribution < -0.4 is 0 Å². The van der Waals surface area contributed by atoms with Crippen molar-refractivity contribution in [2.24, 2.45) is 5.92 Å². The van der Waals surface area contributed by atoms with Crippen molar-refractivity contribution in [1.29, 1.82) is 0 Å². The maximum atomic E-state index is 11.8. The first-order valence-corrected chi connectivity index (χ1v) is 7.32. The van der Waals surface area contributed by atoms with Crippen molar-refractivity contribution < 1.29 is 22.5 Å². The number of aliphatic hydroxyl groups excluding tert-OH is 1. The van der Waals surface area contributed by atoms with E-state index in [-0.39, 0.29) is 10.8 Å². The molecule has 5 nitrogen and oxygen atoms in total. The molecule has 0 aliphatic heterocycles. The van der Waals surface area contributed by atoms with E-state index in [9.17, 15) is 18.3 Å². The molecule has 0 heterocycles. The third-order valence-corrected chi connectivity index (χ3v) is 3.91. The molecule has 0 aliphatic rings. The van der Waals surface area contributed by atoms with E-state index in [1.807, 2.05) is 6.92 Å². The van der Waals surface area contributed by atoms with Crippen LogP contribution in [0.1, 0.15) is 19.4 Å². The Hall–Kier alpha value is -1.24. The first kappa shape index (κ1) is 15.8. The zero-order valence-electron chi connectivity index (χ0n) is 11.2. The number of hydrogen-bond donors (Lipinski definition) is 1. The van der Waals surface area contributed by atoms with Crippen LogP contribution in [0.3, 0.4) is 0 Å². The Bertz CT molecular complexity index is 531. The summed E-state index contributed by atoms with van der Waals surface area (Å²) in [5.41, 5.74) is 0.922. The number of rotatable bonds is 6. The molecule has 0 radical (unpaired) electrons. The molecule has 0 saturated heterocycles. The summed E-state index contributed by atoms with van der Waals surface area (Å²) in [5, 5.41) is 9.47. The number of carbonyl (C=O) groups is 1. The fourth-order valence-electron chi connectivity index (χ4n) is 1.37. The summed E-state index contributed by atoms with van der Waals surface area (Å²) in [6.07, 6.45) is -1.21. The van der Waals surface area contributed by atoms with Gasteiger partial charge in [-0.25, -0.2) is 0 Å². The Morgan fingerprint density at radius 2 is 1.79 bits per heavy atom. The Morgan fingerprint density at radius 3 is 2.26 bits per heavy atom. The predicted molar refractivity (Wildman–Crippen MR) is 70.2 cm³/mol. The average Bonchev–Trinajstić information content (AvgIpc) is 2.35. The van der Waals surface area contributed by atoms with Crippen molar-refractivity contribution in [3.63, 3.8) is 0 Å². The lowest BCUT2D eigenvalue weighted by atomic mass is 10.0. The molecule has 0 aromatic heterocycles. The third-order valence-electron chi connectivity index (χ3n) is 2.63. The fraction of sp³-hybridized carbons (Fsp3) is 0.462. The second-order valence-corrected chi connectivity index (χ2v) is 6.30. The minimum atomic E-state index is -3.96. The molecule has 0 fully saturated rings. The van der Waals surface area contributed by atoms with Crippen LogP contribution in [0.5, 0.6) is 0 Å². The minimum Gasteiger partial charge on any atom is -0.385 e. The quantitative estimate of drug-likeness (QED) is 0.797. The van der Waals surface area contributed by atoms with Crippen molar-refractivity contribution in [2.75, 3.05) is 6.61 Å². The second kappa shape index (κ2) is 6.27. The van der Waals surface area contributed by atoms with Gasteiger partial charge in [0.25, 0.3) is 10.1 Å². The monoisotopic (exact) mass is 286 g/mol. The van der Waals surface area contributed by atoms with Crippen LogP contribution in [-0.2, 0) is 19.1 Å². The van der Waals surface area contributed by atoms with Crippen molar-refractivity contribution >= 4 is 15.9 Å². The molecule has 1 aromatic rings. The molecule has 1 aromatic carbocycles. The molecule has 106 valence electrons. The first-order valence-electron chi connectivity index (χ1n) is 5.91. The van der Waals surface area contributed by atoms with Gasteiger partial charge in [-0.2, -0.15) is 8.42 Å². The minimum absolute atomic E-state index is 0.00932. The van der Waals surface area contributed by atoms with Gasteiger partial charge < -0.3 is 5.11 Å². The normalized spacial score (nSPS) is 13.5. The fourth-order valence-corrected chi connectivity index (χ4v) is 2.24. The molecular weight excluding hydrogens is 268 g/mol. The molecule has 0 spiro atoms. The number of aryl methyl sites for hydroxylation is 1. The average molecular weight is 286 g/mol. The summed E-state index contributed by atoms with van der Waals surface area (Å²) in [7, 11) is -3.96. The first-order chi connectivity index (χ1) is 8.74. The molecular formula is C13H18O5S. The molecule has 1 rings (SSSR count). The van der Waals surface area contributed by atoms with E-state index in [1.54, 1.807) is 26.0 Å². The van der Waals surface area contributed by atoms with Crippen LogP contribution in [0.2, 0.25) is 0 Å². The SMILES string of the molecule is Cc1ccc(S(=O)(=O)OCC(=O)C(O)C(C)C)cc1. The summed E-state index contributed by atoms with van der Waals surface area (Å²) < 4.78 is 28.2. The Labute approximate surface area is 113 Å². The van der Waals surface area contributed by atoms with E-state index in [1.165, 1.54) is 12.1 Å². The highest BCUT2D eigenvalue weighted by molar-refractivity contribution is 7.86. The smallest absolute Gasteiger partial charge is 0.297 e. The largest absolute Gasteiger partial charge is 0.385 e. The van der Waals surface area contributed by atoms with E-state index in [2.05, 4.69) is 4.18 Å². The van der Waals surface area contributed by atoms with Gasteiger partial charge in [0.2, 0.25) is 0 Å². The molecule has 0 aliphatic carbocycles. The molecule has 0 saturated carbocycles. The van der Waals surface area contributed by atoms with E-state index in [4.69, 9.17) is 0 Å². The van der Waals surface area contributed by atoms with Crippen molar-refractivity contribution in [2.45, 2.75) is 31.8 Å². The van der Waals surface area contributed by atoms with Gasteiger partial charge in [-0.05, 0) is 25.0 Å². The van der Waals surface area contributed by atoms with Crippen LogP contribution in [0.4, 0.5) is 0 Å². The third kappa shape index (κ3) is 4.41. The van der Waals surface area contributed by atoms with Gasteiger partial charge in [0.05, 0.1) is 4.90 Å². The molecule has 19 heavy (non-hydrogen) atoms. The highest BCUT2D eigenvalue weighted by Crippen LogP contribution is 2.13. The van der Waals surface area contributed by atoms with Crippen LogP contribution >= 0.6 is 0 Å². The van der Waals surface area contributed by atoms with E-state index >= 15 is 0 Å². The van der Waals surface area contributed by atoms with Gasteiger partial charge in [-0.15, -0.1) is 0 Å². The van der Waals surface area contributed by atoms with Crippen molar-refractivity contribution in [3.05, 3.63) is 29.8 Å². The topological polar surface area (TPSA) is 80.7 Å². The molecule has 6 heteroatoms. The van der Waals surface area contributed by atoms with Crippen molar-refractivity contribution in [3.8, 4) is 0 Å². The molecule has 1 unspecified atom stereocenters. The Balaban J connectivity index is 2.71. The molecule has 1 atom stereocenters. The number of ketones is 1. The number of hydrogen-bond acceptors (Lipinski definition) is 5. The van der Waals surface area contributed by atoms with E-state index in [0.717, 1.165) is 5.56 Å². The van der Waals surface area contributed by atoms with Gasteiger partial charge in [0, 0.05) is 0 Å². The predicted octanol–water partition coefficient (Wildman–Crippen LogP) is 1.29. The highest BCUT2D eigenvalue weighted by atomic mass is 32.2. The van der Waals surface area contributed by atoms with Gasteiger partial charge in [-0.3, -0.25) is 8.98 Å². The molecule has 0 amide bonds. The van der Waals surface area contributed by atoms with E-state index in [0.29, 0.717) is 0 Å². The number of benzene rings is 1. The number of aliphatic hydroxyl groups is 1. The molecule has 1 N–H and O–H groups in total. The summed E-state index contributed by atoms with van der Waals surface area (Å²) >= 11 is 0. The standard InChI is InChI=1S/C13H18O5S/c1-9(2)13(15)12(14)8-18-19(16,17)11-6-4-10(3)5-7-11/h4-7,9,13,15H,8H2,1-3H3. The van der Waals surface area contributed by atoms with E-state index < -0.39 is 28.6 Å². The maximum absolute atomic E-state index is 11.8. The lowest BCUT2D eigenvalue weighted by Gasteiger charge is -2.13. The highest BCUT2D eigenvalue weighted by Gasteiger charge is 2.22. The lowest BCUT2D eigenvalue weighted by molar-refractivity contribution is -0.131. The van der Waals surface area contributed by atoms with Gasteiger partial charge in [0.15, 0.2) is 5.78 Å². The Morgan fingerprint density at radius 1 is 1.26 bits per heavy atom. The molecule has 0 bridgehead atoms. The zero-order chi connectivity index (χ0) is 14.6. The number of carbonyl (C=O) groups excluding carboxylic acids is 1. The number of Topliss-reactive ketones (excluding diaryl/α,β-unsaturated/α-hetero) is 1. The lowest BCUT2D eigenvalue weighted by Crippen LogP contribution is -2.30. The summed E-state index contributed by atoms with van der Waals surface area (Å²) in [5.74, 6) is -0.927. The van der Waals surface area contributed by atoms with Gasteiger partial charge >= 0.3 is 0 Å². The van der Waals surface area contributed by atoms with Crippen LogP contribution in [0.25, 0.3) is 0 Å². The summed E-state index contributed by atoms with van der Waals surface area (Å²) in [4.78, 5) is 11.5. The second-order valence-electron chi connectivity index (χ2n) is 4.68. The zero-order valence-corrected chi connectivity index (χ0v) is 12.0. The van der Waals surface area contributed by atoms with Gasteiger partial charge in [0.1, 0.15) is 12.7 Å². The van der Waals surface area contributed by atoms with Crippen LogP contribution in [-0.4, -0.2) is 32.0 Å². The maximum Gasteiger partial charge on any atom is 0.297 e. The summed E-state index contributed by atoms with van der Waals surface area (Å²) in [6.45, 7) is 4.50. The van der Waals surface area contributed by atoms with Gasteiger partial charge in [-0.1, -0.05) is 31.5 Å². The van der Waals surface area contributed by atoms with Crippen LogP contribution in [0.15, 0.2) is 29.2 Å². The summed E-state index contributed by atoms with van der Waals surface area (Å²) in [6, 6.07) is 6.10. The van der Waals surface area contributed by atoms with Crippen molar-refractivity contribution in [1.82, 2.24) is 0 Å².